The number of carbonyl (C=O) groups is 16. The van der Waals surface area contributed by atoms with Gasteiger partial charge in [-0.1, -0.05) is 125 Å². The highest BCUT2D eigenvalue weighted by Crippen LogP contribution is 2.28. The zero-order chi connectivity index (χ0) is 93.8. The lowest BCUT2D eigenvalue weighted by atomic mass is 9.99. The van der Waals surface area contributed by atoms with Crippen molar-refractivity contribution in [3.05, 3.63) is 173 Å². The van der Waals surface area contributed by atoms with E-state index >= 15 is 24.0 Å². The Morgan fingerprint density at radius 1 is 0.562 bits per heavy atom. The van der Waals surface area contributed by atoms with Gasteiger partial charge in [0.25, 0.3) is 0 Å². The number of nitrogens with one attached hydrogen (secondary N) is 8. The van der Waals surface area contributed by atoms with Crippen molar-refractivity contribution >= 4 is 118 Å². The fourth-order valence-electron chi connectivity index (χ4n) is 15.3. The summed E-state index contributed by atoms with van der Waals surface area (Å²) >= 11 is 0.743. The Kier molecular flexibility index (Phi) is 38.1. The Morgan fingerprint density at radius 3 is 1.71 bits per heavy atom. The second-order valence-electron chi connectivity index (χ2n) is 32.3. The number of β-amino-alcohol motifs (C(OH)–C–C–N with tert-alkyl or cyclic N) is 1. The number of amides is 12. The zero-order valence-corrected chi connectivity index (χ0v) is 72.7. The molecular formula is C89H112F3N15O20S. The maximum absolute atomic E-state index is 15.3. The number of phenols is 1. The molecule has 0 saturated carbocycles. The molecular weight excluding hydrogens is 1690 g/mol. The molecule has 2 fully saturated rings. The molecule has 0 aliphatic carbocycles. The van der Waals surface area contributed by atoms with Crippen molar-refractivity contribution in [3.63, 3.8) is 0 Å². The minimum Gasteiger partial charge on any atom is -0.508 e. The fourth-order valence-corrected chi connectivity index (χ4v) is 16.1. The van der Waals surface area contributed by atoms with E-state index in [9.17, 15) is 86.3 Å². The highest BCUT2D eigenvalue weighted by molar-refractivity contribution is 8.00. The molecule has 16 N–H and O–H groups in total. The van der Waals surface area contributed by atoms with Crippen molar-refractivity contribution in [1.29, 1.82) is 0 Å². The molecule has 2 saturated heterocycles. The number of H-pyrrole nitrogens is 1. The first kappa shape index (κ1) is 101. The van der Waals surface area contributed by atoms with Crippen LogP contribution in [0.4, 0.5) is 13.2 Å². The van der Waals surface area contributed by atoms with Crippen molar-refractivity contribution in [2.24, 2.45) is 17.4 Å². The van der Waals surface area contributed by atoms with Gasteiger partial charge in [0.05, 0.1) is 42.8 Å². The zero-order valence-electron chi connectivity index (χ0n) is 71.8. The van der Waals surface area contributed by atoms with E-state index in [1.54, 1.807) is 105 Å². The number of unbranched alkanes of at least 4 members (excludes halogenated alkanes) is 1. The van der Waals surface area contributed by atoms with Gasteiger partial charge in [-0.15, -0.1) is 11.8 Å². The third-order valence-corrected chi connectivity index (χ3v) is 23.6. The molecule has 0 radical (unpaired) electrons. The number of likely N-dealkylation sites (N-methyl/N-ethyl adjacent to an activating group) is 3. The normalized spacial score (nSPS) is 16.8. The molecule has 0 bridgehead atoms. The van der Waals surface area contributed by atoms with Crippen LogP contribution in [-0.4, -0.2) is 282 Å². The number of nitrogens with two attached hydrogens (primary N) is 2. The summed E-state index contributed by atoms with van der Waals surface area (Å²) in [4.78, 5) is 233. The summed E-state index contributed by atoms with van der Waals surface area (Å²) in [5.74, 6) is -20.6. The number of carboxylic acid groups (broad SMARTS) is 2. The van der Waals surface area contributed by atoms with E-state index in [0.717, 1.165) is 31.4 Å². The molecule has 39 heteroatoms. The number of para-hydroxylation sites is 1. The molecule has 6 aromatic rings. The minimum atomic E-state index is -1.91. The fraction of sp³-hybridized carbons (Fsp3) is 0.461. The Labute approximate surface area is 741 Å². The van der Waals surface area contributed by atoms with Gasteiger partial charge in [-0.3, -0.25) is 67.1 Å². The molecule has 3 heterocycles. The summed E-state index contributed by atoms with van der Waals surface area (Å²) in [5, 5.41) is 59.6. The Balaban J connectivity index is 1.00. The number of carbonyl (C=O) groups excluding carboxylic acids is 14. The molecule has 8 rings (SSSR count). The van der Waals surface area contributed by atoms with Crippen LogP contribution in [0.25, 0.3) is 10.9 Å². The number of aromatic nitrogens is 1. The number of halogens is 3. The molecule has 35 nitrogen and oxygen atoms in total. The smallest absolute Gasteiger partial charge is 0.305 e. The number of hydrogen-bond donors (Lipinski definition) is 14. The highest BCUT2D eigenvalue weighted by atomic mass is 32.2. The number of fused-ring (bicyclic) bond motifs is 1. The molecule has 0 unspecified atom stereocenters. The summed E-state index contributed by atoms with van der Waals surface area (Å²) in [6.45, 7) is 4.68. The van der Waals surface area contributed by atoms with Crippen LogP contribution in [0.3, 0.4) is 0 Å². The largest absolute Gasteiger partial charge is 0.508 e. The Bertz CT molecular complexity index is 4900. The number of likely N-dealkylation sites (tertiary alicyclic amines) is 2. The predicted molar refractivity (Wildman–Crippen MR) is 463 cm³/mol. The number of aliphatic hydroxyl groups is 1. The van der Waals surface area contributed by atoms with Crippen molar-refractivity contribution in [3.8, 4) is 5.75 Å². The first-order chi connectivity index (χ1) is 60.9. The topological polar surface area (TPSA) is 522 Å². The average Bonchev–Trinajstić information content (AvgIpc) is 1.50. The van der Waals surface area contributed by atoms with E-state index in [0.29, 0.717) is 70.8 Å². The van der Waals surface area contributed by atoms with Crippen LogP contribution < -0.4 is 48.7 Å². The third-order valence-electron chi connectivity index (χ3n) is 22.5. The number of nitrogens with zero attached hydrogens (tertiary/aromatic N) is 5. The summed E-state index contributed by atoms with van der Waals surface area (Å²) in [5.41, 5.74) is 14.4. The van der Waals surface area contributed by atoms with Crippen molar-refractivity contribution in [1.82, 2.24) is 66.7 Å². The number of phenolic OH excluding ortho intramolecular Hbond substituents is 1. The number of aromatic hydroxyl groups is 1. The van der Waals surface area contributed by atoms with E-state index in [1.807, 2.05) is 6.92 Å². The van der Waals surface area contributed by atoms with Crippen molar-refractivity contribution in [2.75, 3.05) is 52.3 Å². The number of aromatic amines is 1. The maximum atomic E-state index is 15.3. The maximum Gasteiger partial charge on any atom is 0.305 e. The number of aliphatic carboxylic acids is 2. The molecule has 14 atom stereocenters. The van der Waals surface area contributed by atoms with E-state index in [-0.39, 0.29) is 93.7 Å². The Hall–Kier alpha value is -12.6. The van der Waals surface area contributed by atoms with Gasteiger partial charge in [0.2, 0.25) is 70.9 Å². The number of thioether (sulfide) groups is 1. The van der Waals surface area contributed by atoms with Crippen LogP contribution >= 0.6 is 11.8 Å². The molecule has 0 spiro atoms. The average molecular weight is 1800 g/mol. The molecule has 5 aromatic carbocycles. The van der Waals surface area contributed by atoms with Gasteiger partial charge >= 0.3 is 11.9 Å². The second-order valence-corrected chi connectivity index (χ2v) is 33.3. The Morgan fingerprint density at radius 2 is 1.11 bits per heavy atom. The van der Waals surface area contributed by atoms with Gasteiger partial charge in [0.15, 0.2) is 17.5 Å². The lowest BCUT2D eigenvalue weighted by Crippen LogP contribution is -2.60. The number of aldehydes is 2. The van der Waals surface area contributed by atoms with Gasteiger partial charge in [0.1, 0.15) is 78.7 Å². The van der Waals surface area contributed by atoms with Gasteiger partial charge < -0.3 is 108 Å². The minimum absolute atomic E-state index is 0.0378. The summed E-state index contributed by atoms with van der Waals surface area (Å²) in [6, 6.07) is 11.0. The van der Waals surface area contributed by atoms with Crippen LogP contribution in [0.15, 0.2) is 128 Å². The quantitative estimate of drug-likeness (QED) is 0.0191. The molecule has 2 aliphatic rings. The van der Waals surface area contributed by atoms with Gasteiger partial charge in [-0.2, -0.15) is 0 Å². The summed E-state index contributed by atoms with van der Waals surface area (Å²) in [7, 11) is 3.88. The van der Waals surface area contributed by atoms with E-state index in [4.69, 9.17) is 11.5 Å². The SMILES string of the molecule is CCCC[C@@H](C(=O)N1CCC[C@@H]1C(=O)N[C@H](C=O)CC(=O)O)N(C)C(=O)[C@H](Cc1ccccc1)N(C)C(=O)[C@H](Cc1cc(F)c(F)c(F)c1)NC(=O)CSC[C@@H](C=O)NC(=O)[C@H](CCCN)NC(=O)[C@H](Cc1ccc(O)cc1)NC(=O)[C@H](Cc1c[nH]c2ccccc12)NC(=O)[C@H]1C[C@@H](O)CN1C(=O)[C@H](CC(=O)O)NC(=O)[C@H](Cc1ccccc1)N(C)C(=O)[C@@H](N)C(C)C. The van der Waals surface area contributed by atoms with Crippen LogP contribution in [0.1, 0.15) is 113 Å². The number of aliphatic hydroxyl groups excluding tert-OH is 1. The third kappa shape index (κ3) is 28.2. The van der Waals surface area contributed by atoms with Gasteiger partial charge in [0, 0.05) is 95.6 Å². The highest BCUT2D eigenvalue weighted by Gasteiger charge is 2.47. The molecule has 2 aliphatic heterocycles. The molecule has 1 aromatic heterocycles. The standard InChI is InChI=1S/C89H112F3N15O20S/c1-7-8-26-70(88(126)106-33-18-27-69(106)82(120)96-56(46-108)41-75(113)114)103(4)87(125)73(39-52-21-13-10-14-22-52)105(6)85(123)67(37-54-34-61(90)77(92)62(91)35-54)98-74(112)49-128-48-57(47-109)97-79(117)64(25-17-32-93)99-80(118)65(36-53-28-30-58(110)31-29-53)100-81(119)66(40-55-44-95-63-24-16-15-23-60(55)63)101-84(122)72-42-59(111)45-107(72)86(124)68(43-76(115)116)102-83(121)71(38-51-19-11-9-12-20-51)104(5)89(127)78(94)50(2)3/h9-16,19-24,28-31,34-35,44,46-47,50,56-57,59,64-73,78,95,110-111H,7-8,17-18,25-27,32-33,36-43,45,48-49,93-94H2,1-6H3,(H,96,120)(H,97,117)(H,98,112)(H,99,118)(H,100,119)(H,101,122)(H,102,121)(H,113,114)(H,115,116)/t56-,57+,59+,64-,65-,66-,67-,68-,69+,70-,71-,72+,73-,78-/m0/s1. The van der Waals surface area contributed by atoms with E-state index in [2.05, 4.69) is 42.2 Å². The predicted octanol–water partition coefficient (Wildman–Crippen LogP) is 1.62. The van der Waals surface area contributed by atoms with Gasteiger partial charge in [-0.05, 0) is 103 Å². The lowest BCUT2D eigenvalue weighted by molar-refractivity contribution is -0.152. The molecule has 690 valence electrons. The van der Waals surface area contributed by atoms with Crippen molar-refractivity contribution in [2.45, 2.75) is 202 Å². The number of rotatable bonds is 48. The van der Waals surface area contributed by atoms with E-state index < -0.39 is 223 Å². The van der Waals surface area contributed by atoms with E-state index in [1.165, 1.54) is 50.3 Å². The van der Waals surface area contributed by atoms with Crippen LogP contribution in [0.5, 0.6) is 5.75 Å². The van der Waals surface area contributed by atoms with Crippen LogP contribution in [0, 0.1) is 23.4 Å². The first-order valence-corrected chi connectivity index (χ1v) is 43.2. The van der Waals surface area contributed by atoms with Crippen molar-refractivity contribution < 1.29 is 110 Å². The monoisotopic (exact) mass is 1800 g/mol. The number of benzene rings is 5. The van der Waals surface area contributed by atoms with Crippen LogP contribution in [0.2, 0.25) is 0 Å². The first-order valence-electron chi connectivity index (χ1n) is 42.1. The number of carboxylic acids is 2. The lowest BCUT2D eigenvalue weighted by Gasteiger charge is -2.38. The van der Waals surface area contributed by atoms with Crippen LogP contribution in [-0.2, 0) is 109 Å². The summed E-state index contributed by atoms with van der Waals surface area (Å²) < 4.78 is 44.5. The molecule has 12 amide bonds. The second kappa shape index (κ2) is 48.4. The molecule has 128 heavy (non-hydrogen) atoms. The van der Waals surface area contributed by atoms with Gasteiger partial charge in [-0.25, -0.2) is 13.2 Å². The summed E-state index contributed by atoms with van der Waals surface area (Å²) in [6.07, 6.45) is -1.91. The number of hydrogen-bond acceptors (Lipinski definition) is 21.